The van der Waals surface area contributed by atoms with Crippen LogP contribution in [0, 0.1) is 5.92 Å². The number of rotatable bonds is 10. The van der Waals surface area contributed by atoms with Crippen LogP contribution < -0.4 is 15.0 Å². The van der Waals surface area contributed by atoms with Crippen molar-refractivity contribution in [3.05, 3.63) is 59.7 Å². The van der Waals surface area contributed by atoms with Gasteiger partial charge >= 0.3 is 0 Å². The van der Waals surface area contributed by atoms with E-state index in [1.54, 1.807) is 30.0 Å². The van der Waals surface area contributed by atoms with E-state index in [9.17, 15) is 14.7 Å². The summed E-state index contributed by atoms with van der Waals surface area (Å²) in [7, 11) is -1.78. The summed E-state index contributed by atoms with van der Waals surface area (Å²) in [5.74, 6) is 0.143. The van der Waals surface area contributed by atoms with Crippen molar-refractivity contribution in [3.63, 3.8) is 0 Å². The van der Waals surface area contributed by atoms with Gasteiger partial charge in [-0.25, -0.2) is 0 Å². The quantitative estimate of drug-likeness (QED) is 0.342. The number of nitrogens with zero attached hydrogens (tertiary/aromatic N) is 2. The first kappa shape index (κ1) is 29.2. The van der Waals surface area contributed by atoms with Gasteiger partial charge in [-0.2, -0.15) is 0 Å². The number of anilines is 1. The van der Waals surface area contributed by atoms with Crippen LogP contribution in [0.3, 0.4) is 0 Å². The van der Waals surface area contributed by atoms with Crippen molar-refractivity contribution in [2.24, 2.45) is 5.92 Å². The van der Waals surface area contributed by atoms with E-state index in [4.69, 9.17) is 9.47 Å². The molecule has 1 saturated heterocycles. The lowest BCUT2D eigenvalue weighted by molar-refractivity contribution is -0.133. The molecule has 0 radical (unpaired) electrons. The topological polar surface area (TPSA) is 91.3 Å². The van der Waals surface area contributed by atoms with Crippen molar-refractivity contribution in [3.8, 4) is 5.75 Å². The molecule has 2 aliphatic rings. The number of hydrogen-bond acceptors (Lipinski definition) is 6. The number of carbonyl (C=O) groups excluding carboxylic acids is 2. The smallest absolute Gasteiger partial charge is 0.248 e. The van der Waals surface area contributed by atoms with Gasteiger partial charge in [0.25, 0.3) is 0 Å². The predicted molar refractivity (Wildman–Crippen MR) is 151 cm³/mol. The molecule has 8 nitrogen and oxygen atoms in total. The van der Waals surface area contributed by atoms with Crippen molar-refractivity contribution in [2.75, 3.05) is 44.8 Å². The molecule has 4 rings (SSSR count). The Morgan fingerprint density at radius 1 is 1.28 bits per heavy atom. The third kappa shape index (κ3) is 6.68. The standard InChI is InChI=1S/C29H40FN3O5Si/c1-20-28(37-2)23-16-22(33-13-12-31-18-27(33)36)10-11-24(23)38-29(20)25(39(3,4)30)17-26(35)32(14-15-34)19-21-8-6-5-7-9-21/h5-11,16,20,25,28-29,31,34H,12-15,17-19H2,1-4H3/t20-,25?,28-,29-/m1/s1. The highest BCUT2D eigenvalue weighted by atomic mass is 28.4. The second kappa shape index (κ2) is 12.6. The van der Waals surface area contributed by atoms with Crippen molar-refractivity contribution < 1.29 is 28.3 Å². The van der Waals surface area contributed by atoms with E-state index in [2.05, 4.69) is 5.32 Å². The zero-order valence-corrected chi connectivity index (χ0v) is 24.2. The summed E-state index contributed by atoms with van der Waals surface area (Å²) in [5, 5.41) is 12.7. The number of ether oxygens (including phenoxy) is 2. The van der Waals surface area contributed by atoms with Crippen molar-refractivity contribution in [1.82, 2.24) is 10.2 Å². The minimum absolute atomic E-state index is 0.00418. The summed E-state index contributed by atoms with van der Waals surface area (Å²) >= 11 is 0. The number of aliphatic hydroxyl groups excluding tert-OH is 1. The van der Waals surface area contributed by atoms with Crippen LogP contribution in [0.2, 0.25) is 18.6 Å². The maximum Gasteiger partial charge on any atom is 0.248 e. The zero-order chi connectivity index (χ0) is 28.2. The van der Waals surface area contributed by atoms with Crippen LogP contribution in [0.5, 0.6) is 5.75 Å². The first-order valence-corrected chi connectivity index (χ1v) is 16.6. The van der Waals surface area contributed by atoms with E-state index in [0.717, 1.165) is 23.4 Å². The summed E-state index contributed by atoms with van der Waals surface area (Å²) in [6.45, 7) is 7.14. The fraction of sp³-hybridized carbons (Fsp3) is 0.517. The van der Waals surface area contributed by atoms with Crippen LogP contribution in [-0.4, -0.2) is 76.2 Å². The van der Waals surface area contributed by atoms with Gasteiger partial charge in [-0.15, -0.1) is 0 Å². The highest BCUT2D eigenvalue weighted by Gasteiger charge is 2.48. The monoisotopic (exact) mass is 557 g/mol. The van der Waals surface area contributed by atoms with Crippen molar-refractivity contribution in [2.45, 2.75) is 50.7 Å². The number of hydrogen-bond donors (Lipinski definition) is 2. The number of piperazine rings is 1. The molecule has 4 atom stereocenters. The van der Waals surface area contributed by atoms with E-state index >= 15 is 4.11 Å². The molecular formula is C29H40FN3O5Si. The number of methoxy groups -OCH3 is 1. The van der Waals surface area contributed by atoms with E-state index < -0.39 is 20.1 Å². The van der Waals surface area contributed by atoms with E-state index in [0.29, 0.717) is 25.4 Å². The Bertz CT molecular complexity index is 1150. The van der Waals surface area contributed by atoms with Gasteiger partial charge in [0, 0.05) is 62.4 Å². The summed E-state index contributed by atoms with van der Waals surface area (Å²) in [4.78, 5) is 29.3. The Balaban J connectivity index is 1.59. The average Bonchev–Trinajstić information content (AvgIpc) is 2.91. The number of carbonyl (C=O) groups is 2. The van der Waals surface area contributed by atoms with Gasteiger partial charge in [0.15, 0.2) is 0 Å². The molecule has 2 aromatic rings. The van der Waals surface area contributed by atoms with Crippen LogP contribution in [0.15, 0.2) is 48.5 Å². The van der Waals surface area contributed by atoms with Gasteiger partial charge in [0.1, 0.15) is 11.9 Å². The van der Waals surface area contributed by atoms with Crippen LogP contribution in [0.25, 0.3) is 0 Å². The van der Waals surface area contributed by atoms with Crippen LogP contribution >= 0.6 is 0 Å². The van der Waals surface area contributed by atoms with Gasteiger partial charge in [-0.05, 0) is 36.9 Å². The highest BCUT2D eigenvalue weighted by Crippen LogP contribution is 2.48. The van der Waals surface area contributed by atoms with E-state index in [1.165, 1.54) is 0 Å². The van der Waals surface area contributed by atoms with Gasteiger partial charge in [0.05, 0.1) is 19.3 Å². The normalized spacial score (nSPS) is 22.2. The molecule has 1 unspecified atom stereocenters. The lowest BCUT2D eigenvalue weighted by Crippen LogP contribution is -2.49. The molecule has 2 amide bonds. The minimum atomic E-state index is -3.40. The molecule has 2 N–H and O–H groups in total. The summed E-state index contributed by atoms with van der Waals surface area (Å²) < 4.78 is 28.4. The molecule has 2 aliphatic heterocycles. The maximum absolute atomic E-state index is 16.0. The first-order valence-electron chi connectivity index (χ1n) is 13.6. The Hall–Kier alpha value is -2.79. The molecule has 39 heavy (non-hydrogen) atoms. The molecule has 0 aliphatic carbocycles. The summed E-state index contributed by atoms with van der Waals surface area (Å²) in [6, 6.07) is 15.2. The van der Waals surface area contributed by atoms with Gasteiger partial charge in [0.2, 0.25) is 20.2 Å². The van der Waals surface area contributed by atoms with Gasteiger partial charge in [-0.1, -0.05) is 37.3 Å². The molecule has 0 spiro atoms. The number of halogens is 1. The molecular weight excluding hydrogens is 517 g/mol. The van der Waals surface area contributed by atoms with E-state index in [-0.39, 0.29) is 43.4 Å². The first-order chi connectivity index (χ1) is 18.6. The molecule has 2 heterocycles. The number of benzene rings is 2. The lowest BCUT2D eigenvalue weighted by atomic mass is 9.86. The average molecular weight is 558 g/mol. The SMILES string of the molecule is CO[C@H]1c2cc(N3CCNCC3=O)ccc2O[C@@H](C(CC(=O)N(CCO)Cc2ccccc2)[Si](C)(C)F)[C@@H]1C. The largest absolute Gasteiger partial charge is 0.490 e. The second-order valence-corrected chi connectivity index (χ2v) is 14.8. The lowest BCUT2D eigenvalue weighted by Gasteiger charge is -2.43. The molecule has 10 heteroatoms. The molecule has 212 valence electrons. The third-order valence-corrected chi connectivity index (χ3v) is 10.1. The van der Waals surface area contributed by atoms with Crippen molar-refractivity contribution >= 4 is 25.9 Å². The number of aliphatic hydroxyl groups is 1. The molecule has 0 saturated carbocycles. The van der Waals surface area contributed by atoms with Crippen molar-refractivity contribution in [1.29, 1.82) is 0 Å². The second-order valence-electron chi connectivity index (χ2n) is 10.9. The van der Waals surface area contributed by atoms with Gasteiger partial charge < -0.3 is 33.8 Å². The Labute approximate surface area is 231 Å². The molecule has 2 aromatic carbocycles. The highest BCUT2D eigenvalue weighted by molar-refractivity contribution is 6.72. The van der Waals surface area contributed by atoms with E-state index in [1.807, 2.05) is 55.5 Å². The number of nitrogens with one attached hydrogen (secondary N) is 1. The third-order valence-electron chi connectivity index (χ3n) is 7.83. The van der Waals surface area contributed by atoms with Crippen LogP contribution in [0.1, 0.15) is 30.6 Å². The Morgan fingerprint density at radius 2 is 2.03 bits per heavy atom. The molecule has 0 aromatic heterocycles. The Kier molecular flexibility index (Phi) is 9.42. The van der Waals surface area contributed by atoms with Crippen LogP contribution in [0.4, 0.5) is 9.80 Å². The number of fused-ring (bicyclic) bond motifs is 1. The van der Waals surface area contributed by atoms with Gasteiger partial charge in [-0.3, -0.25) is 9.59 Å². The summed E-state index contributed by atoms with van der Waals surface area (Å²) in [5.41, 5.74) is 1.92. The summed E-state index contributed by atoms with van der Waals surface area (Å²) in [6.07, 6.45) is -0.975. The fourth-order valence-corrected chi connectivity index (χ4v) is 7.51. The predicted octanol–water partition coefficient (Wildman–Crippen LogP) is 3.66. The Morgan fingerprint density at radius 3 is 2.67 bits per heavy atom. The molecule has 1 fully saturated rings. The minimum Gasteiger partial charge on any atom is -0.490 e. The fourth-order valence-electron chi connectivity index (χ4n) is 5.70. The maximum atomic E-state index is 16.0. The molecule has 0 bridgehead atoms. The zero-order valence-electron chi connectivity index (χ0n) is 23.2. The number of amides is 2. The van der Waals surface area contributed by atoms with Crippen LogP contribution in [-0.2, 0) is 20.9 Å².